The van der Waals surface area contributed by atoms with Crippen LogP contribution in [0.3, 0.4) is 0 Å². The number of nitrogens with one attached hydrogen (secondary N) is 1. The highest BCUT2D eigenvalue weighted by molar-refractivity contribution is 5.94. The Bertz CT molecular complexity index is 704. The number of carbonyl (C=O) groups excluding carboxylic acids is 2. The van der Waals surface area contributed by atoms with E-state index in [0.717, 1.165) is 7.11 Å². The average molecular weight is 322 g/mol. The zero-order chi connectivity index (χ0) is 16.8. The Morgan fingerprint density at radius 3 is 2.83 bits per heavy atom. The van der Waals surface area contributed by atoms with Crippen molar-refractivity contribution in [2.75, 3.05) is 13.7 Å². The summed E-state index contributed by atoms with van der Waals surface area (Å²) in [6, 6.07) is 4.98. The van der Waals surface area contributed by atoms with E-state index in [4.69, 9.17) is 5.11 Å². The smallest absolute Gasteiger partial charge is 0.330 e. The molecule has 0 spiro atoms. The van der Waals surface area contributed by atoms with Gasteiger partial charge in [0.05, 0.1) is 26.5 Å². The second-order valence-corrected chi connectivity index (χ2v) is 4.62. The Hall–Kier alpha value is -2.81. The Labute approximate surface area is 130 Å². The molecule has 0 saturated carbocycles. The van der Waals surface area contributed by atoms with Crippen LogP contribution in [0.1, 0.15) is 16.1 Å². The maximum Gasteiger partial charge on any atom is 0.330 e. The molecule has 1 aromatic carbocycles. The molecule has 2 rings (SSSR count). The summed E-state index contributed by atoms with van der Waals surface area (Å²) in [5, 5.41) is 18.7. The lowest BCUT2D eigenvalue weighted by atomic mass is 10.2. The van der Waals surface area contributed by atoms with Crippen molar-refractivity contribution in [3.8, 4) is 0 Å². The fraction of sp³-hybridized carbons (Fsp3) is 0.286. The molecule has 0 fully saturated rings. The molecule has 1 atom stereocenters. The van der Waals surface area contributed by atoms with Gasteiger partial charge < -0.3 is 15.2 Å². The molecule has 1 heterocycles. The van der Waals surface area contributed by atoms with Gasteiger partial charge in [-0.3, -0.25) is 4.79 Å². The van der Waals surface area contributed by atoms with Gasteiger partial charge >= 0.3 is 5.97 Å². The van der Waals surface area contributed by atoms with Gasteiger partial charge in [0, 0.05) is 5.56 Å². The molecule has 0 radical (unpaired) electrons. The maximum absolute atomic E-state index is 13.6. The van der Waals surface area contributed by atoms with Crippen LogP contribution in [0.15, 0.2) is 30.5 Å². The second-order valence-electron chi connectivity index (χ2n) is 4.62. The number of aliphatic hydroxyl groups excluding tert-OH is 1. The van der Waals surface area contributed by atoms with E-state index in [2.05, 4.69) is 20.4 Å². The van der Waals surface area contributed by atoms with Crippen molar-refractivity contribution in [2.24, 2.45) is 0 Å². The van der Waals surface area contributed by atoms with E-state index in [1.54, 1.807) is 18.2 Å². The van der Waals surface area contributed by atoms with Crippen LogP contribution in [0.25, 0.3) is 0 Å². The van der Waals surface area contributed by atoms with Crippen molar-refractivity contribution in [2.45, 2.75) is 12.6 Å². The van der Waals surface area contributed by atoms with Gasteiger partial charge in [-0.1, -0.05) is 23.4 Å². The zero-order valence-corrected chi connectivity index (χ0v) is 12.3. The van der Waals surface area contributed by atoms with Gasteiger partial charge in [-0.25, -0.2) is 13.9 Å². The number of amides is 1. The second kappa shape index (κ2) is 7.45. The number of aromatic nitrogens is 3. The molecule has 0 bridgehead atoms. The number of hydrogen-bond acceptors (Lipinski definition) is 6. The minimum atomic E-state index is -1.19. The highest BCUT2D eigenvalue weighted by Gasteiger charge is 2.22. The molecule has 1 amide bonds. The predicted octanol–water partition coefficient (Wildman–Crippen LogP) is -0.271. The first-order valence-electron chi connectivity index (χ1n) is 6.68. The third kappa shape index (κ3) is 4.10. The molecular weight excluding hydrogens is 307 g/mol. The van der Waals surface area contributed by atoms with Crippen molar-refractivity contribution in [3.05, 3.63) is 47.5 Å². The Morgan fingerprint density at radius 2 is 2.17 bits per heavy atom. The fourth-order valence-corrected chi connectivity index (χ4v) is 1.83. The number of rotatable bonds is 6. The molecule has 2 aromatic rings. The number of hydrogen-bond donors (Lipinski definition) is 2. The van der Waals surface area contributed by atoms with E-state index >= 15 is 0 Å². The number of esters is 1. The van der Waals surface area contributed by atoms with Crippen LogP contribution < -0.4 is 5.32 Å². The number of carbonyl (C=O) groups is 2. The monoisotopic (exact) mass is 322 g/mol. The Morgan fingerprint density at radius 1 is 1.43 bits per heavy atom. The Kier molecular flexibility index (Phi) is 5.36. The summed E-state index contributed by atoms with van der Waals surface area (Å²) in [5.74, 6) is -1.87. The first kappa shape index (κ1) is 16.6. The van der Waals surface area contributed by atoms with Crippen molar-refractivity contribution >= 4 is 11.9 Å². The summed E-state index contributed by atoms with van der Waals surface area (Å²) in [6.07, 6.45) is 1.31. The number of methoxy groups -OCH3 is 1. The van der Waals surface area contributed by atoms with Crippen LogP contribution in [0.5, 0.6) is 0 Å². The van der Waals surface area contributed by atoms with Gasteiger partial charge in [0.2, 0.25) is 0 Å². The van der Waals surface area contributed by atoms with Gasteiger partial charge in [-0.2, -0.15) is 0 Å². The first-order valence-corrected chi connectivity index (χ1v) is 6.68. The average Bonchev–Trinajstić information content (AvgIpc) is 3.02. The lowest BCUT2D eigenvalue weighted by Crippen LogP contribution is -2.44. The summed E-state index contributed by atoms with van der Waals surface area (Å²) in [4.78, 5) is 23.3. The van der Waals surface area contributed by atoms with Crippen LogP contribution in [-0.4, -0.2) is 51.7 Å². The molecule has 0 aliphatic rings. The highest BCUT2D eigenvalue weighted by Crippen LogP contribution is 2.08. The van der Waals surface area contributed by atoms with E-state index in [1.165, 1.54) is 16.9 Å². The first-order chi connectivity index (χ1) is 11.0. The van der Waals surface area contributed by atoms with E-state index in [1.807, 2.05) is 0 Å². The fourth-order valence-electron chi connectivity index (χ4n) is 1.83. The van der Waals surface area contributed by atoms with Gasteiger partial charge in [0.25, 0.3) is 5.91 Å². The van der Waals surface area contributed by atoms with E-state index in [-0.39, 0.29) is 18.1 Å². The van der Waals surface area contributed by atoms with E-state index in [9.17, 15) is 14.0 Å². The molecule has 0 aliphatic carbocycles. The minimum Gasteiger partial charge on any atom is -0.467 e. The number of benzene rings is 1. The topological polar surface area (TPSA) is 106 Å². The molecule has 122 valence electrons. The summed E-state index contributed by atoms with van der Waals surface area (Å²) in [5.41, 5.74) is 0.329. The number of ether oxygens (including phenoxy) is 1. The number of halogens is 1. The largest absolute Gasteiger partial charge is 0.467 e. The van der Waals surface area contributed by atoms with Crippen LogP contribution in [0, 0.1) is 5.82 Å². The van der Waals surface area contributed by atoms with Crippen LogP contribution in [0.4, 0.5) is 4.39 Å². The molecule has 0 unspecified atom stereocenters. The molecule has 8 nitrogen and oxygen atoms in total. The zero-order valence-electron chi connectivity index (χ0n) is 12.3. The lowest BCUT2D eigenvalue weighted by molar-refractivity contribution is -0.143. The SMILES string of the molecule is COC(=O)[C@H](CO)NC(=O)c1cn(Cc2ccccc2F)nn1. The van der Waals surface area contributed by atoms with Crippen molar-refractivity contribution in [1.29, 1.82) is 0 Å². The quantitative estimate of drug-likeness (QED) is 0.709. The van der Waals surface area contributed by atoms with Crippen molar-refractivity contribution in [3.63, 3.8) is 0 Å². The number of aliphatic hydroxyl groups is 1. The van der Waals surface area contributed by atoms with Crippen LogP contribution >= 0.6 is 0 Å². The normalized spacial score (nSPS) is 11.8. The molecule has 2 N–H and O–H groups in total. The molecule has 9 heteroatoms. The third-order valence-electron chi connectivity index (χ3n) is 3.04. The van der Waals surface area contributed by atoms with Gasteiger partial charge in [0.15, 0.2) is 11.7 Å². The molecule has 0 aliphatic heterocycles. The summed E-state index contributed by atoms with van der Waals surface area (Å²) in [6.45, 7) is -0.505. The Balaban J connectivity index is 2.05. The van der Waals surface area contributed by atoms with Gasteiger partial charge in [0.1, 0.15) is 5.82 Å². The van der Waals surface area contributed by atoms with Crippen molar-refractivity contribution in [1.82, 2.24) is 20.3 Å². The molecular formula is C14H15FN4O4. The third-order valence-corrected chi connectivity index (χ3v) is 3.04. The van der Waals surface area contributed by atoms with Crippen molar-refractivity contribution < 1.29 is 23.8 Å². The van der Waals surface area contributed by atoms with Gasteiger partial charge in [-0.05, 0) is 6.07 Å². The van der Waals surface area contributed by atoms with Gasteiger partial charge in [-0.15, -0.1) is 5.10 Å². The van der Waals surface area contributed by atoms with Crippen LogP contribution in [0.2, 0.25) is 0 Å². The van der Waals surface area contributed by atoms with E-state index < -0.39 is 24.5 Å². The summed E-state index contributed by atoms with van der Waals surface area (Å²) < 4.78 is 19.3. The maximum atomic E-state index is 13.6. The summed E-state index contributed by atoms with van der Waals surface area (Å²) in [7, 11) is 1.14. The minimum absolute atomic E-state index is 0.0660. The predicted molar refractivity (Wildman–Crippen MR) is 75.9 cm³/mol. The molecule has 1 aromatic heterocycles. The lowest BCUT2D eigenvalue weighted by Gasteiger charge is -2.12. The molecule has 23 heavy (non-hydrogen) atoms. The van der Waals surface area contributed by atoms with Crippen LogP contribution in [-0.2, 0) is 16.1 Å². The van der Waals surface area contributed by atoms with E-state index in [0.29, 0.717) is 5.56 Å². The standard InChI is InChI=1S/C14H15FN4O4/c1-23-14(22)12(8-20)16-13(21)11-7-19(18-17-11)6-9-4-2-3-5-10(9)15/h2-5,7,12,20H,6,8H2,1H3,(H,16,21)/t12-/m0/s1. The molecule has 0 saturated heterocycles. The highest BCUT2D eigenvalue weighted by atomic mass is 19.1. The summed E-state index contributed by atoms with van der Waals surface area (Å²) >= 11 is 0. The number of nitrogens with zero attached hydrogens (tertiary/aromatic N) is 3.